The molecule has 11 heteroatoms. The van der Waals surface area contributed by atoms with E-state index in [0.717, 1.165) is 51.4 Å². The van der Waals surface area contributed by atoms with E-state index in [1.165, 1.54) is 4.90 Å². The Morgan fingerprint density at radius 3 is 2.00 bits per heavy atom. The summed E-state index contributed by atoms with van der Waals surface area (Å²) in [7, 11) is 0. The van der Waals surface area contributed by atoms with Gasteiger partial charge in [0.15, 0.2) is 5.78 Å². The van der Waals surface area contributed by atoms with Crippen molar-refractivity contribution in [2.75, 3.05) is 6.54 Å². The molecular formula is C32H51N5O6. The summed E-state index contributed by atoms with van der Waals surface area (Å²) in [6, 6.07) is -3.98. The molecule has 0 aromatic rings. The number of nitrogens with one attached hydrogen (secondary N) is 3. The number of urea groups is 1. The summed E-state index contributed by atoms with van der Waals surface area (Å²) in [5.74, 6) is -2.47. The van der Waals surface area contributed by atoms with Crippen molar-refractivity contribution in [2.45, 2.75) is 123 Å². The number of likely N-dealkylation sites (tertiary alicyclic amines) is 1. The molecule has 2 unspecified atom stereocenters. The number of nitrogens with zero attached hydrogens (tertiary/aromatic N) is 1. The number of carbonyl (C=O) groups is 6. The zero-order chi connectivity index (χ0) is 31.6. The van der Waals surface area contributed by atoms with E-state index in [0.29, 0.717) is 19.4 Å². The normalized spacial score (nSPS) is 24.7. The number of carbonyl (C=O) groups excluding carboxylic acids is 6. The molecule has 3 aliphatic carbocycles. The molecule has 4 fully saturated rings. The largest absolute Gasteiger partial charge is 0.363 e. The van der Waals surface area contributed by atoms with Crippen molar-refractivity contribution in [1.82, 2.24) is 20.9 Å². The minimum atomic E-state index is -1.09. The van der Waals surface area contributed by atoms with Gasteiger partial charge < -0.3 is 26.6 Å². The van der Waals surface area contributed by atoms with E-state index in [2.05, 4.69) is 16.0 Å². The third-order valence-corrected chi connectivity index (χ3v) is 9.83. The van der Waals surface area contributed by atoms with Gasteiger partial charge in [-0.3, -0.25) is 24.0 Å². The van der Waals surface area contributed by atoms with Crippen LogP contribution < -0.4 is 21.7 Å². The van der Waals surface area contributed by atoms with Gasteiger partial charge in [-0.2, -0.15) is 0 Å². The molecule has 1 saturated heterocycles. The zero-order valence-corrected chi connectivity index (χ0v) is 26.4. The molecule has 0 aromatic carbocycles. The van der Waals surface area contributed by atoms with Crippen LogP contribution in [-0.2, 0) is 24.0 Å². The minimum Gasteiger partial charge on any atom is -0.363 e. The summed E-state index contributed by atoms with van der Waals surface area (Å²) in [5, 5.41) is 8.57. The number of nitrogens with two attached hydrogens (primary N) is 1. The van der Waals surface area contributed by atoms with Gasteiger partial charge in [-0.15, -0.1) is 0 Å². The van der Waals surface area contributed by atoms with E-state index in [-0.39, 0.29) is 35.4 Å². The van der Waals surface area contributed by atoms with Crippen LogP contribution in [0.2, 0.25) is 0 Å². The summed E-state index contributed by atoms with van der Waals surface area (Å²) in [6.45, 7) is 9.84. The molecule has 0 spiro atoms. The SMILES string of the molecule is CC(C)C1CCN(C(=O)[C@@H](NC(=O)N[C@H](C(=O)C2CC2)C2CCCC2)C(C)(C)C)[C@@H]1C(=O)NC(CC1CC1)C(=O)C(N)=O. The summed E-state index contributed by atoms with van der Waals surface area (Å²) < 4.78 is 0. The van der Waals surface area contributed by atoms with Crippen molar-refractivity contribution in [3.8, 4) is 0 Å². The topological polar surface area (TPSA) is 168 Å². The van der Waals surface area contributed by atoms with Crippen LogP contribution in [-0.4, -0.2) is 70.9 Å². The second-order valence-electron chi connectivity index (χ2n) is 14.8. The lowest BCUT2D eigenvalue weighted by atomic mass is 9.84. The average Bonchev–Trinajstić information content (AvgIpc) is 3.84. The number of amides is 5. The minimum absolute atomic E-state index is 0.00738. The van der Waals surface area contributed by atoms with E-state index >= 15 is 0 Å². The van der Waals surface area contributed by atoms with Crippen molar-refractivity contribution in [1.29, 1.82) is 0 Å². The Balaban J connectivity index is 1.51. The highest BCUT2D eigenvalue weighted by Gasteiger charge is 2.48. The Hall–Kier alpha value is -2.98. The zero-order valence-electron chi connectivity index (χ0n) is 26.4. The van der Waals surface area contributed by atoms with E-state index < -0.39 is 59.1 Å². The Bertz CT molecular complexity index is 1100. The predicted octanol–water partition coefficient (Wildman–Crippen LogP) is 2.45. The first-order valence-corrected chi connectivity index (χ1v) is 16.2. The second-order valence-corrected chi connectivity index (χ2v) is 14.8. The molecule has 5 atom stereocenters. The quantitative estimate of drug-likeness (QED) is 0.237. The molecule has 4 aliphatic rings. The van der Waals surface area contributed by atoms with Crippen molar-refractivity contribution >= 4 is 35.3 Å². The van der Waals surface area contributed by atoms with E-state index in [1.54, 1.807) is 0 Å². The third kappa shape index (κ3) is 8.15. The number of rotatable bonds is 13. The third-order valence-electron chi connectivity index (χ3n) is 9.83. The first-order valence-electron chi connectivity index (χ1n) is 16.2. The van der Waals surface area contributed by atoms with Gasteiger partial charge in [0.25, 0.3) is 5.91 Å². The summed E-state index contributed by atoms with van der Waals surface area (Å²) in [4.78, 5) is 80.3. The Morgan fingerprint density at radius 1 is 0.860 bits per heavy atom. The molecule has 4 rings (SSSR count). The van der Waals surface area contributed by atoms with E-state index in [9.17, 15) is 28.8 Å². The highest BCUT2D eigenvalue weighted by atomic mass is 16.2. The Kier molecular flexibility index (Phi) is 10.2. The number of hydrogen-bond acceptors (Lipinski definition) is 6. The summed E-state index contributed by atoms with van der Waals surface area (Å²) >= 11 is 0. The lowest BCUT2D eigenvalue weighted by molar-refractivity contribution is -0.144. The lowest BCUT2D eigenvalue weighted by Crippen LogP contribution is -2.62. The average molecular weight is 602 g/mol. The standard InChI is InChI=1S/C32H51N5O6/c1-17(2)21-14-15-37(24(21)29(41)34-22(16-18-10-11-18)26(39)28(33)40)30(42)27(32(3,4)5)36-31(43)35-23(19-8-6-7-9-19)25(38)20-12-13-20/h17-24,27H,6-16H2,1-5H3,(H2,33,40)(H,34,41)(H2,35,36,43)/t21?,22?,23-,24-,27+/m0/s1. The maximum absolute atomic E-state index is 14.2. The van der Waals surface area contributed by atoms with Crippen molar-refractivity contribution < 1.29 is 28.8 Å². The number of hydrogen-bond donors (Lipinski definition) is 4. The van der Waals surface area contributed by atoms with E-state index in [1.807, 2.05) is 34.6 Å². The maximum Gasteiger partial charge on any atom is 0.316 e. The van der Waals surface area contributed by atoms with Gasteiger partial charge in [-0.05, 0) is 67.6 Å². The first-order chi connectivity index (χ1) is 20.2. The van der Waals surface area contributed by atoms with Crippen LogP contribution in [0.15, 0.2) is 0 Å². The molecule has 0 radical (unpaired) electrons. The van der Waals surface area contributed by atoms with Gasteiger partial charge in [0.1, 0.15) is 12.1 Å². The molecule has 5 N–H and O–H groups in total. The lowest BCUT2D eigenvalue weighted by Gasteiger charge is -2.37. The van der Waals surface area contributed by atoms with Gasteiger partial charge in [0.2, 0.25) is 17.6 Å². The summed E-state index contributed by atoms with van der Waals surface area (Å²) in [6.07, 6.45) is 8.36. The molecule has 240 valence electrons. The Labute approximate surface area is 255 Å². The van der Waals surface area contributed by atoms with Crippen LogP contribution in [0.5, 0.6) is 0 Å². The molecule has 43 heavy (non-hydrogen) atoms. The second kappa shape index (κ2) is 13.3. The van der Waals surface area contributed by atoms with Crippen LogP contribution >= 0.6 is 0 Å². The molecule has 5 amide bonds. The first kappa shape index (κ1) is 32.9. The molecule has 0 aromatic heterocycles. The fourth-order valence-electron chi connectivity index (χ4n) is 6.91. The van der Waals surface area contributed by atoms with Gasteiger partial charge in [0.05, 0.1) is 12.1 Å². The highest BCUT2D eigenvalue weighted by molar-refractivity contribution is 6.37. The number of ketones is 2. The van der Waals surface area contributed by atoms with Crippen molar-refractivity contribution in [3.63, 3.8) is 0 Å². The maximum atomic E-state index is 14.2. The molecule has 1 heterocycles. The molecule has 0 bridgehead atoms. The fraction of sp³-hybridized carbons (Fsp3) is 0.812. The highest BCUT2D eigenvalue weighted by Crippen LogP contribution is 2.37. The predicted molar refractivity (Wildman–Crippen MR) is 160 cm³/mol. The summed E-state index contributed by atoms with van der Waals surface area (Å²) in [5.41, 5.74) is 4.59. The van der Waals surface area contributed by atoms with Gasteiger partial charge >= 0.3 is 6.03 Å². The molecule has 11 nitrogen and oxygen atoms in total. The number of primary amides is 1. The van der Waals surface area contributed by atoms with Crippen molar-refractivity contribution in [2.24, 2.45) is 40.7 Å². The van der Waals surface area contributed by atoms with Gasteiger partial charge in [0, 0.05) is 12.5 Å². The Morgan fingerprint density at radius 2 is 1.49 bits per heavy atom. The monoisotopic (exact) mass is 601 g/mol. The van der Waals surface area contributed by atoms with Crippen LogP contribution in [0.1, 0.15) is 98.8 Å². The fourth-order valence-corrected chi connectivity index (χ4v) is 6.91. The van der Waals surface area contributed by atoms with Gasteiger partial charge in [-0.25, -0.2) is 4.79 Å². The van der Waals surface area contributed by atoms with Crippen LogP contribution in [0.3, 0.4) is 0 Å². The van der Waals surface area contributed by atoms with Crippen molar-refractivity contribution in [3.05, 3.63) is 0 Å². The molecular weight excluding hydrogens is 550 g/mol. The smallest absolute Gasteiger partial charge is 0.316 e. The van der Waals surface area contributed by atoms with Crippen LogP contribution in [0.4, 0.5) is 4.79 Å². The van der Waals surface area contributed by atoms with Crippen LogP contribution in [0, 0.1) is 35.0 Å². The number of Topliss-reactive ketones (excluding diaryl/α,β-unsaturated/α-hetero) is 2. The van der Waals surface area contributed by atoms with Crippen LogP contribution in [0.25, 0.3) is 0 Å². The molecule has 3 saturated carbocycles. The van der Waals surface area contributed by atoms with Gasteiger partial charge in [-0.1, -0.05) is 60.3 Å². The van der Waals surface area contributed by atoms with E-state index in [4.69, 9.17) is 5.73 Å². The molecule has 1 aliphatic heterocycles.